The van der Waals surface area contributed by atoms with Gasteiger partial charge in [0.15, 0.2) is 0 Å². The van der Waals surface area contributed by atoms with Crippen LogP contribution >= 0.6 is 0 Å². The number of pyridine rings is 1. The smallest absolute Gasteiger partial charge is 0.340 e. The second kappa shape index (κ2) is 7.47. The van der Waals surface area contributed by atoms with Gasteiger partial charge >= 0.3 is 5.97 Å². The number of carbonyl (C=O) groups excluding carboxylic acids is 2. The van der Waals surface area contributed by atoms with Crippen LogP contribution < -0.4 is 11.1 Å². The Labute approximate surface area is 124 Å². The molecular formula is C14H22N4O3. The van der Waals surface area contributed by atoms with Crippen molar-refractivity contribution in [1.82, 2.24) is 9.88 Å². The Morgan fingerprint density at radius 3 is 2.57 bits per heavy atom. The first-order valence-corrected chi connectivity index (χ1v) is 6.83. The van der Waals surface area contributed by atoms with Crippen LogP contribution in [-0.4, -0.2) is 48.0 Å². The summed E-state index contributed by atoms with van der Waals surface area (Å²) < 4.78 is 4.65. The average Bonchev–Trinajstić information content (AvgIpc) is 2.49. The van der Waals surface area contributed by atoms with Crippen molar-refractivity contribution >= 4 is 23.4 Å². The molecule has 7 heteroatoms. The van der Waals surface area contributed by atoms with Gasteiger partial charge in [0.2, 0.25) is 5.91 Å². The predicted molar refractivity (Wildman–Crippen MR) is 81.0 cm³/mol. The average molecular weight is 294 g/mol. The Kier molecular flexibility index (Phi) is 5.95. The summed E-state index contributed by atoms with van der Waals surface area (Å²) in [7, 11) is 1.28. The first kappa shape index (κ1) is 16.7. The molecule has 1 unspecified atom stereocenters. The number of amides is 1. The normalized spacial score (nSPS) is 11.6. The maximum atomic E-state index is 12.2. The van der Waals surface area contributed by atoms with E-state index < -0.39 is 12.0 Å². The molecule has 1 atom stereocenters. The quantitative estimate of drug-likeness (QED) is 0.763. The van der Waals surface area contributed by atoms with Crippen LogP contribution in [0.2, 0.25) is 0 Å². The van der Waals surface area contributed by atoms with Crippen LogP contribution in [0.5, 0.6) is 0 Å². The lowest BCUT2D eigenvalue weighted by Crippen LogP contribution is -2.41. The number of likely N-dealkylation sites (N-methyl/N-ethyl adjacent to an activating group) is 1. The predicted octanol–water partition coefficient (Wildman–Crippen LogP) is 1.12. The van der Waals surface area contributed by atoms with E-state index in [0.717, 1.165) is 0 Å². The van der Waals surface area contributed by atoms with Crippen molar-refractivity contribution in [3.8, 4) is 0 Å². The van der Waals surface area contributed by atoms with Gasteiger partial charge in [0.25, 0.3) is 0 Å². The van der Waals surface area contributed by atoms with Crippen molar-refractivity contribution in [2.45, 2.75) is 26.8 Å². The highest BCUT2D eigenvalue weighted by Gasteiger charge is 2.19. The summed E-state index contributed by atoms with van der Waals surface area (Å²) in [5.41, 5.74) is 6.13. The maximum Gasteiger partial charge on any atom is 0.340 e. The summed E-state index contributed by atoms with van der Waals surface area (Å²) >= 11 is 0. The van der Waals surface area contributed by atoms with Gasteiger partial charge < -0.3 is 20.7 Å². The minimum atomic E-state index is -0.541. The van der Waals surface area contributed by atoms with Crippen LogP contribution in [0.3, 0.4) is 0 Å². The maximum absolute atomic E-state index is 12.2. The monoisotopic (exact) mass is 294 g/mol. The zero-order chi connectivity index (χ0) is 16.0. The van der Waals surface area contributed by atoms with Gasteiger partial charge in [0.1, 0.15) is 11.9 Å². The molecule has 0 aromatic carbocycles. The second-order valence-electron chi connectivity index (χ2n) is 4.52. The van der Waals surface area contributed by atoms with E-state index in [4.69, 9.17) is 5.73 Å². The van der Waals surface area contributed by atoms with Crippen molar-refractivity contribution in [2.75, 3.05) is 31.2 Å². The third-order valence-electron chi connectivity index (χ3n) is 3.15. The number of methoxy groups -OCH3 is 1. The lowest BCUT2D eigenvalue weighted by molar-refractivity contribution is -0.131. The highest BCUT2D eigenvalue weighted by atomic mass is 16.5. The molecule has 21 heavy (non-hydrogen) atoms. The fourth-order valence-electron chi connectivity index (χ4n) is 1.92. The molecular weight excluding hydrogens is 272 g/mol. The van der Waals surface area contributed by atoms with Gasteiger partial charge in [-0.05, 0) is 26.8 Å². The number of nitrogen functional groups attached to an aromatic ring is 1. The number of anilines is 2. The highest BCUT2D eigenvalue weighted by Crippen LogP contribution is 2.16. The van der Waals surface area contributed by atoms with Crippen LogP contribution in [0, 0.1) is 0 Å². The van der Waals surface area contributed by atoms with Gasteiger partial charge in [0, 0.05) is 13.1 Å². The molecule has 1 amide bonds. The Morgan fingerprint density at radius 2 is 2.05 bits per heavy atom. The van der Waals surface area contributed by atoms with Crippen LogP contribution in [0.15, 0.2) is 12.3 Å². The number of carbonyl (C=O) groups is 2. The molecule has 0 saturated heterocycles. The van der Waals surface area contributed by atoms with Gasteiger partial charge in [-0.15, -0.1) is 0 Å². The van der Waals surface area contributed by atoms with E-state index >= 15 is 0 Å². The number of rotatable bonds is 6. The van der Waals surface area contributed by atoms with Crippen molar-refractivity contribution in [2.24, 2.45) is 0 Å². The Balaban J connectivity index is 2.88. The van der Waals surface area contributed by atoms with Crippen LogP contribution in [0.1, 0.15) is 31.1 Å². The van der Waals surface area contributed by atoms with E-state index in [2.05, 4.69) is 15.0 Å². The number of ether oxygens (including phenoxy) is 1. The summed E-state index contributed by atoms with van der Waals surface area (Å²) in [5.74, 6) is -0.170. The van der Waals surface area contributed by atoms with Gasteiger partial charge in [0.05, 0.1) is 24.6 Å². The fraction of sp³-hybridized carbons (Fsp3) is 0.500. The van der Waals surface area contributed by atoms with Gasteiger partial charge in [-0.3, -0.25) is 4.79 Å². The molecule has 0 aliphatic carbocycles. The molecule has 0 saturated carbocycles. The van der Waals surface area contributed by atoms with E-state index in [1.165, 1.54) is 19.4 Å². The fourth-order valence-corrected chi connectivity index (χ4v) is 1.92. The lowest BCUT2D eigenvalue weighted by atomic mass is 10.2. The Hall–Kier alpha value is -2.31. The Bertz CT molecular complexity index is 515. The van der Waals surface area contributed by atoms with E-state index in [0.29, 0.717) is 18.9 Å². The van der Waals surface area contributed by atoms with Gasteiger partial charge in [-0.25, -0.2) is 9.78 Å². The number of nitrogens with one attached hydrogen (secondary N) is 1. The van der Waals surface area contributed by atoms with Crippen molar-refractivity contribution < 1.29 is 14.3 Å². The van der Waals surface area contributed by atoms with Gasteiger partial charge in [-0.2, -0.15) is 0 Å². The molecule has 1 rings (SSSR count). The third-order valence-corrected chi connectivity index (χ3v) is 3.15. The van der Waals surface area contributed by atoms with Crippen LogP contribution in [-0.2, 0) is 9.53 Å². The van der Waals surface area contributed by atoms with E-state index in [9.17, 15) is 9.59 Å². The molecule has 116 valence electrons. The largest absolute Gasteiger partial charge is 0.465 e. The topological polar surface area (TPSA) is 97.5 Å². The number of hydrogen-bond donors (Lipinski definition) is 2. The van der Waals surface area contributed by atoms with Gasteiger partial charge in [-0.1, -0.05) is 0 Å². The Morgan fingerprint density at radius 1 is 1.43 bits per heavy atom. The molecule has 1 aromatic heterocycles. The molecule has 0 fully saturated rings. The van der Waals surface area contributed by atoms with Crippen molar-refractivity contribution in [1.29, 1.82) is 0 Å². The van der Waals surface area contributed by atoms with E-state index in [-0.39, 0.29) is 17.2 Å². The summed E-state index contributed by atoms with van der Waals surface area (Å²) in [5, 5.41) is 2.97. The molecule has 0 aliphatic heterocycles. The molecule has 3 N–H and O–H groups in total. The lowest BCUT2D eigenvalue weighted by Gasteiger charge is -2.23. The molecule has 7 nitrogen and oxygen atoms in total. The number of nitrogens with two attached hydrogens (primary N) is 1. The number of aromatic nitrogens is 1. The molecule has 1 heterocycles. The number of esters is 1. The summed E-state index contributed by atoms with van der Waals surface area (Å²) in [6.45, 7) is 6.88. The summed E-state index contributed by atoms with van der Waals surface area (Å²) in [4.78, 5) is 29.5. The highest BCUT2D eigenvalue weighted by molar-refractivity contribution is 5.95. The standard InChI is InChI=1S/C14H22N4O3/c1-5-18(6-2)13(19)9(3)17-12-7-10(14(20)21-4)11(15)8-16-12/h7-9H,5-6,15H2,1-4H3,(H,16,17). The first-order valence-electron chi connectivity index (χ1n) is 6.83. The number of hydrogen-bond acceptors (Lipinski definition) is 6. The van der Waals surface area contributed by atoms with Crippen LogP contribution in [0.4, 0.5) is 11.5 Å². The molecule has 0 bridgehead atoms. The van der Waals surface area contributed by atoms with Crippen molar-refractivity contribution in [3.05, 3.63) is 17.8 Å². The summed E-state index contributed by atoms with van der Waals surface area (Å²) in [6, 6.07) is 1.03. The van der Waals surface area contributed by atoms with E-state index in [1.807, 2.05) is 13.8 Å². The molecule has 0 radical (unpaired) electrons. The number of nitrogens with zero attached hydrogens (tertiary/aromatic N) is 2. The molecule has 1 aromatic rings. The zero-order valence-corrected chi connectivity index (χ0v) is 12.8. The second-order valence-corrected chi connectivity index (χ2v) is 4.52. The SMILES string of the molecule is CCN(CC)C(=O)C(C)Nc1cc(C(=O)OC)c(N)cn1. The van der Waals surface area contributed by atoms with Crippen molar-refractivity contribution in [3.63, 3.8) is 0 Å². The third kappa shape index (κ3) is 4.08. The minimum Gasteiger partial charge on any atom is -0.465 e. The molecule has 0 aliphatic rings. The van der Waals surface area contributed by atoms with E-state index in [1.54, 1.807) is 11.8 Å². The first-order chi connectivity index (χ1) is 9.94. The zero-order valence-electron chi connectivity index (χ0n) is 12.8. The summed E-state index contributed by atoms with van der Waals surface area (Å²) in [6.07, 6.45) is 1.36. The van der Waals surface area contributed by atoms with Crippen LogP contribution in [0.25, 0.3) is 0 Å². The molecule has 0 spiro atoms. The minimum absolute atomic E-state index is 0.0294.